The summed E-state index contributed by atoms with van der Waals surface area (Å²) in [6, 6.07) is 9.05. The summed E-state index contributed by atoms with van der Waals surface area (Å²) in [5.74, 6) is -1.06. The fourth-order valence-corrected chi connectivity index (χ4v) is 6.00. The largest absolute Gasteiger partial charge is 0.417 e. The van der Waals surface area contributed by atoms with E-state index in [0.29, 0.717) is 10.4 Å². The zero-order chi connectivity index (χ0) is 29.7. The van der Waals surface area contributed by atoms with E-state index in [1.165, 1.54) is 4.90 Å². The number of amides is 2. The molecule has 0 saturated heterocycles. The maximum atomic E-state index is 13.8. The van der Waals surface area contributed by atoms with Crippen molar-refractivity contribution < 1.29 is 31.2 Å². The van der Waals surface area contributed by atoms with Crippen LogP contribution in [0.15, 0.2) is 42.5 Å². The third-order valence-corrected chi connectivity index (χ3v) is 8.63. The molecule has 1 aliphatic rings. The molecule has 0 spiro atoms. The molecular formula is C28H35ClF3N3O4S. The molecule has 0 aromatic heterocycles. The monoisotopic (exact) mass is 601 g/mol. The van der Waals surface area contributed by atoms with Crippen molar-refractivity contribution >= 4 is 39.1 Å². The highest BCUT2D eigenvalue weighted by Crippen LogP contribution is 2.37. The zero-order valence-electron chi connectivity index (χ0n) is 22.8. The Morgan fingerprint density at radius 1 is 1.10 bits per heavy atom. The molecule has 1 N–H and O–H groups in total. The Morgan fingerprint density at radius 3 is 2.33 bits per heavy atom. The van der Waals surface area contributed by atoms with Crippen molar-refractivity contribution in [3.8, 4) is 0 Å². The number of hydrogen-bond donors (Lipinski definition) is 1. The Kier molecular flexibility index (Phi) is 10.5. The molecule has 40 heavy (non-hydrogen) atoms. The number of nitrogens with one attached hydrogen (secondary N) is 1. The number of nitrogens with zero attached hydrogens (tertiary/aromatic N) is 2. The van der Waals surface area contributed by atoms with Gasteiger partial charge in [-0.3, -0.25) is 13.9 Å². The second-order valence-corrected chi connectivity index (χ2v) is 12.5. The first-order valence-corrected chi connectivity index (χ1v) is 15.4. The molecule has 1 atom stereocenters. The Balaban J connectivity index is 1.98. The van der Waals surface area contributed by atoms with Gasteiger partial charge in [0.2, 0.25) is 21.8 Å². The fourth-order valence-electron chi connectivity index (χ4n) is 4.93. The molecule has 1 saturated carbocycles. The van der Waals surface area contributed by atoms with E-state index in [2.05, 4.69) is 5.32 Å². The molecule has 2 amide bonds. The van der Waals surface area contributed by atoms with E-state index >= 15 is 0 Å². The molecule has 0 aliphatic heterocycles. The van der Waals surface area contributed by atoms with E-state index in [1.54, 1.807) is 13.0 Å². The van der Waals surface area contributed by atoms with Crippen LogP contribution in [0.5, 0.6) is 0 Å². The molecule has 7 nitrogen and oxygen atoms in total. The van der Waals surface area contributed by atoms with Crippen LogP contribution in [0.1, 0.15) is 62.1 Å². The molecule has 3 rings (SSSR count). The van der Waals surface area contributed by atoms with E-state index < -0.39 is 45.3 Å². The van der Waals surface area contributed by atoms with Crippen LogP contribution in [-0.4, -0.2) is 50.0 Å². The fraction of sp³-hybridized carbons (Fsp3) is 0.500. The average molecular weight is 602 g/mol. The number of rotatable bonds is 10. The number of sulfonamides is 1. The normalized spacial score (nSPS) is 15.4. The van der Waals surface area contributed by atoms with Gasteiger partial charge < -0.3 is 10.2 Å². The first-order valence-electron chi connectivity index (χ1n) is 13.2. The van der Waals surface area contributed by atoms with Gasteiger partial charge in [0, 0.05) is 12.6 Å². The molecule has 1 fully saturated rings. The van der Waals surface area contributed by atoms with Gasteiger partial charge in [-0.05, 0) is 55.5 Å². The van der Waals surface area contributed by atoms with Gasteiger partial charge in [0.15, 0.2) is 0 Å². The van der Waals surface area contributed by atoms with Crippen LogP contribution in [0.2, 0.25) is 5.02 Å². The lowest BCUT2D eigenvalue weighted by Gasteiger charge is -2.34. The molecule has 12 heteroatoms. The van der Waals surface area contributed by atoms with Gasteiger partial charge in [0.1, 0.15) is 12.6 Å². The van der Waals surface area contributed by atoms with Gasteiger partial charge in [-0.15, -0.1) is 0 Å². The molecule has 220 valence electrons. The van der Waals surface area contributed by atoms with E-state index in [1.807, 2.05) is 25.1 Å². The first-order chi connectivity index (χ1) is 18.7. The van der Waals surface area contributed by atoms with Crippen LogP contribution in [-0.2, 0) is 32.3 Å². The van der Waals surface area contributed by atoms with Crippen molar-refractivity contribution in [1.29, 1.82) is 0 Å². The summed E-state index contributed by atoms with van der Waals surface area (Å²) < 4.78 is 66.7. The first kappa shape index (κ1) is 31.7. The Bertz CT molecular complexity index is 1310. The topological polar surface area (TPSA) is 86.8 Å². The summed E-state index contributed by atoms with van der Waals surface area (Å²) in [4.78, 5) is 28.6. The van der Waals surface area contributed by atoms with Gasteiger partial charge in [-0.25, -0.2) is 8.42 Å². The summed E-state index contributed by atoms with van der Waals surface area (Å²) in [6.07, 6.45) is 1.01. The maximum absolute atomic E-state index is 13.8. The number of alkyl halides is 3. The number of carbonyl (C=O) groups excluding carboxylic acids is 2. The number of anilines is 1. The second-order valence-electron chi connectivity index (χ2n) is 10.1. The highest BCUT2D eigenvalue weighted by atomic mass is 35.5. The highest BCUT2D eigenvalue weighted by molar-refractivity contribution is 7.92. The maximum Gasteiger partial charge on any atom is 0.417 e. The predicted octanol–water partition coefficient (Wildman–Crippen LogP) is 5.69. The van der Waals surface area contributed by atoms with Gasteiger partial charge in [-0.2, -0.15) is 13.2 Å². The molecule has 2 aromatic rings. The summed E-state index contributed by atoms with van der Waals surface area (Å²) in [7, 11) is -4.20. The van der Waals surface area contributed by atoms with Crippen molar-refractivity contribution in [2.24, 2.45) is 0 Å². The quantitative estimate of drug-likeness (QED) is 0.379. The number of carbonyl (C=O) groups is 2. The van der Waals surface area contributed by atoms with Crippen molar-refractivity contribution in [2.45, 2.75) is 77.2 Å². The third-order valence-electron chi connectivity index (χ3n) is 7.16. The van der Waals surface area contributed by atoms with Crippen LogP contribution in [0.25, 0.3) is 0 Å². The molecule has 1 unspecified atom stereocenters. The molecule has 1 aliphatic carbocycles. The summed E-state index contributed by atoms with van der Waals surface area (Å²) in [5, 5.41) is 2.45. The zero-order valence-corrected chi connectivity index (χ0v) is 24.4. The molecule has 0 radical (unpaired) electrons. The predicted molar refractivity (Wildman–Crippen MR) is 149 cm³/mol. The van der Waals surface area contributed by atoms with Crippen molar-refractivity contribution in [1.82, 2.24) is 10.2 Å². The van der Waals surface area contributed by atoms with Crippen LogP contribution in [0, 0.1) is 6.92 Å². The van der Waals surface area contributed by atoms with Gasteiger partial charge in [0.05, 0.1) is 22.5 Å². The second kappa shape index (κ2) is 13.2. The van der Waals surface area contributed by atoms with E-state index in [-0.39, 0.29) is 30.6 Å². The van der Waals surface area contributed by atoms with E-state index in [4.69, 9.17) is 11.6 Å². The van der Waals surface area contributed by atoms with E-state index in [0.717, 1.165) is 61.6 Å². The van der Waals surface area contributed by atoms with Crippen molar-refractivity contribution in [3.63, 3.8) is 0 Å². The lowest BCUT2D eigenvalue weighted by atomic mass is 9.95. The van der Waals surface area contributed by atoms with Crippen LogP contribution in [0.4, 0.5) is 18.9 Å². The Hall–Kier alpha value is -2.79. The smallest absolute Gasteiger partial charge is 0.352 e. The average Bonchev–Trinajstić information content (AvgIpc) is 2.88. The standard InChI is InChI=1S/C28H35ClF3N3O4S/c1-4-25(27(37)33-21-12-6-5-7-13-21)34(17-20-11-9-8-10-19(20)2)26(36)18-35(40(3,38)39)22-14-15-24(29)23(16-22)28(30,31)32/h8-11,14-16,21,25H,4-7,12-13,17-18H2,1-3H3,(H,33,37). The minimum absolute atomic E-state index is 0.00640. The molecule has 0 bridgehead atoms. The molecule has 0 heterocycles. The minimum atomic E-state index is -4.83. The van der Waals surface area contributed by atoms with Crippen LogP contribution >= 0.6 is 11.6 Å². The van der Waals surface area contributed by atoms with Crippen LogP contribution < -0.4 is 9.62 Å². The number of aryl methyl sites for hydroxylation is 1. The minimum Gasteiger partial charge on any atom is -0.352 e. The third kappa shape index (κ3) is 8.13. The van der Waals surface area contributed by atoms with Crippen LogP contribution in [0.3, 0.4) is 0 Å². The summed E-state index contributed by atoms with van der Waals surface area (Å²) in [6.45, 7) is 2.84. The number of benzene rings is 2. The van der Waals surface area contributed by atoms with Gasteiger partial charge >= 0.3 is 6.18 Å². The Labute approximate surface area is 238 Å². The SMILES string of the molecule is CCC(C(=O)NC1CCCCC1)N(Cc1ccccc1C)C(=O)CN(c1ccc(Cl)c(C(F)(F)F)c1)S(C)(=O)=O. The highest BCUT2D eigenvalue weighted by Gasteiger charge is 2.36. The number of halogens is 4. The van der Waals surface area contributed by atoms with Gasteiger partial charge in [-0.1, -0.05) is 62.1 Å². The Morgan fingerprint density at radius 2 is 1.75 bits per heavy atom. The van der Waals surface area contributed by atoms with Crippen molar-refractivity contribution in [2.75, 3.05) is 17.1 Å². The molecule has 2 aromatic carbocycles. The van der Waals surface area contributed by atoms with E-state index in [9.17, 15) is 31.2 Å². The van der Waals surface area contributed by atoms with Crippen molar-refractivity contribution in [3.05, 3.63) is 64.2 Å². The lowest BCUT2D eigenvalue weighted by molar-refractivity contribution is -0.140. The number of hydrogen-bond acceptors (Lipinski definition) is 4. The lowest BCUT2D eigenvalue weighted by Crippen LogP contribution is -2.54. The summed E-state index contributed by atoms with van der Waals surface area (Å²) in [5.41, 5.74) is 0.0535. The molecular weight excluding hydrogens is 567 g/mol. The summed E-state index contributed by atoms with van der Waals surface area (Å²) >= 11 is 5.73. The van der Waals surface area contributed by atoms with Gasteiger partial charge in [0.25, 0.3) is 0 Å².